The van der Waals surface area contributed by atoms with Crippen LogP contribution in [-0.4, -0.2) is 38.9 Å². The van der Waals surface area contributed by atoms with Crippen LogP contribution in [0.2, 0.25) is 0 Å². The molecular formula is C21H30N2O3S. The van der Waals surface area contributed by atoms with E-state index in [4.69, 9.17) is 0 Å². The number of likely N-dealkylation sites (tertiary alicyclic amines) is 1. The maximum absolute atomic E-state index is 12.6. The van der Waals surface area contributed by atoms with Crippen LogP contribution < -0.4 is 4.72 Å². The molecule has 6 heteroatoms. The summed E-state index contributed by atoms with van der Waals surface area (Å²) in [6.45, 7) is 2.20. The van der Waals surface area contributed by atoms with E-state index in [-0.39, 0.29) is 5.91 Å². The van der Waals surface area contributed by atoms with Crippen molar-refractivity contribution in [1.29, 1.82) is 0 Å². The maximum Gasteiger partial charge on any atom is 0.240 e. The highest BCUT2D eigenvalue weighted by Gasteiger charge is 2.29. The number of hydrogen-bond donors (Lipinski definition) is 1. The molecule has 5 nitrogen and oxygen atoms in total. The number of hydrogen-bond acceptors (Lipinski definition) is 3. The van der Waals surface area contributed by atoms with E-state index < -0.39 is 10.0 Å². The largest absolute Gasteiger partial charge is 0.342 e. The van der Waals surface area contributed by atoms with Crippen LogP contribution in [0.15, 0.2) is 23.1 Å². The molecule has 0 spiro atoms. The van der Waals surface area contributed by atoms with E-state index in [0.29, 0.717) is 23.8 Å². The fourth-order valence-electron chi connectivity index (χ4n) is 4.38. The fourth-order valence-corrected chi connectivity index (χ4v) is 5.48. The molecular weight excluding hydrogens is 360 g/mol. The maximum atomic E-state index is 12.6. The molecule has 2 fully saturated rings. The zero-order valence-corrected chi connectivity index (χ0v) is 16.8. The minimum absolute atomic E-state index is 0.281. The predicted octanol–water partition coefficient (Wildman–Crippen LogP) is 2.88. The van der Waals surface area contributed by atoms with Gasteiger partial charge in [0.05, 0.1) is 4.90 Å². The average Bonchev–Trinajstić information content (AvgIpc) is 3.37. The summed E-state index contributed by atoms with van der Waals surface area (Å²) in [6.07, 6.45) is 8.94. The van der Waals surface area contributed by atoms with Crippen LogP contribution in [0.3, 0.4) is 0 Å². The van der Waals surface area contributed by atoms with Gasteiger partial charge in [-0.25, -0.2) is 13.1 Å². The molecule has 1 atom stereocenters. The van der Waals surface area contributed by atoms with Crippen molar-refractivity contribution in [3.63, 3.8) is 0 Å². The van der Waals surface area contributed by atoms with E-state index in [1.165, 1.54) is 24.0 Å². The van der Waals surface area contributed by atoms with E-state index in [0.717, 1.165) is 57.5 Å². The summed E-state index contributed by atoms with van der Waals surface area (Å²) in [5, 5.41) is 0. The number of carbonyl (C=O) groups is 1. The van der Waals surface area contributed by atoms with E-state index in [9.17, 15) is 13.2 Å². The van der Waals surface area contributed by atoms with E-state index in [2.05, 4.69) is 4.72 Å². The molecule has 1 saturated heterocycles. The zero-order valence-electron chi connectivity index (χ0n) is 16.0. The first kappa shape index (κ1) is 18.9. The molecule has 1 aliphatic heterocycles. The molecule has 1 amide bonds. The first-order valence-corrected chi connectivity index (χ1v) is 11.9. The summed E-state index contributed by atoms with van der Waals surface area (Å²) in [5.41, 5.74) is 2.46. The Morgan fingerprint density at radius 2 is 1.81 bits per heavy atom. The highest BCUT2D eigenvalue weighted by atomic mass is 32.2. The van der Waals surface area contributed by atoms with Crippen molar-refractivity contribution in [2.24, 2.45) is 11.8 Å². The highest BCUT2D eigenvalue weighted by Crippen LogP contribution is 2.31. The fraction of sp³-hybridized carbons (Fsp3) is 0.667. The topological polar surface area (TPSA) is 66.5 Å². The first-order valence-electron chi connectivity index (χ1n) is 10.4. The molecule has 1 saturated carbocycles. The van der Waals surface area contributed by atoms with Gasteiger partial charge in [0.2, 0.25) is 15.9 Å². The Balaban J connectivity index is 1.28. The number of nitrogens with one attached hydrogen (secondary N) is 1. The molecule has 0 aromatic heterocycles. The lowest BCUT2D eigenvalue weighted by Crippen LogP contribution is -2.32. The molecule has 1 aromatic carbocycles. The van der Waals surface area contributed by atoms with Crippen molar-refractivity contribution in [3.05, 3.63) is 29.3 Å². The minimum atomic E-state index is -3.45. The number of nitrogens with zero attached hydrogens (tertiary/aromatic N) is 1. The van der Waals surface area contributed by atoms with Crippen LogP contribution in [0.1, 0.15) is 56.1 Å². The third-order valence-electron chi connectivity index (χ3n) is 6.33. The second-order valence-corrected chi connectivity index (χ2v) is 10.2. The molecule has 148 valence electrons. The molecule has 27 heavy (non-hydrogen) atoms. The number of carbonyl (C=O) groups excluding carboxylic acids is 1. The third-order valence-corrected chi connectivity index (χ3v) is 7.79. The van der Waals surface area contributed by atoms with Crippen LogP contribution in [-0.2, 0) is 27.7 Å². The van der Waals surface area contributed by atoms with Crippen molar-refractivity contribution in [1.82, 2.24) is 9.62 Å². The monoisotopic (exact) mass is 390 g/mol. The summed E-state index contributed by atoms with van der Waals surface area (Å²) in [4.78, 5) is 14.7. The number of fused-ring (bicyclic) bond motifs is 1. The van der Waals surface area contributed by atoms with Gasteiger partial charge >= 0.3 is 0 Å². The lowest BCUT2D eigenvalue weighted by Gasteiger charge is -2.20. The van der Waals surface area contributed by atoms with Gasteiger partial charge in [0, 0.05) is 26.1 Å². The molecule has 0 radical (unpaired) electrons. The van der Waals surface area contributed by atoms with E-state index in [1.54, 1.807) is 6.07 Å². The summed E-state index contributed by atoms with van der Waals surface area (Å²) in [5.74, 6) is 1.42. The third kappa shape index (κ3) is 4.72. The van der Waals surface area contributed by atoms with Crippen LogP contribution in [0.5, 0.6) is 0 Å². The second kappa shape index (κ2) is 7.92. The van der Waals surface area contributed by atoms with Crippen molar-refractivity contribution in [2.75, 3.05) is 19.6 Å². The summed E-state index contributed by atoms with van der Waals surface area (Å²) >= 11 is 0. The summed E-state index contributed by atoms with van der Waals surface area (Å²) in [7, 11) is -3.45. The van der Waals surface area contributed by atoms with Crippen LogP contribution in [0.25, 0.3) is 0 Å². The smallest absolute Gasteiger partial charge is 0.240 e. The lowest BCUT2D eigenvalue weighted by molar-refractivity contribution is -0.130. The number of benzene rings is 1. The molecule has 2 aliphatic carbocycles. The molecule has 1 unspecified atom stereocenters. The van der Waals surface area contributed by atoms with Gasteiger partial charge in [0.25, 0.3) is 0 Å². The Morgan fingerprint density at radius 3 is 2.63 bits per heavy atom. The summed E-state index contributed by atoms with van der Waals surface area (Å²) < 4.78 is 28.0. The van der Waals surface area contributed by atoms with Gasteiger partial charge in [-0.3, -0.25) is 4.79 Å². The number of amides is 1. The SMILES string of the molecule is O=C1CCC(CCNS(=O)(=O)c2ccc3c(c2)CCC3)CCN1CC1CC1. The van der Waals surface area contributed by atoms with Gasteiger partial charge in [-0.2, -0.15) is 0 Å². The first-order chi connectivity index (χ1) is 13.0. The molecule has 3 aliphatic rings. The van der Waals surface area contributed by atoms with Gasteiger partial charge in [0.15, 0.2) is 0 Å². The van der Waals surface area contributed by atoms with Gasteiger partial charge in [-0.05, 0) is 86.5 Å². The van der Waals surface area contributed by atoms with Gasteiger partial charge < -0.3 is 4.90 Å². The van der Waals surface area contributed by atoms with Crippen LogP contribution in [0.4, 0.5) is 0 Å². The number of rotatable bonds is 7. The second-order valence-electron chi connectivity index (χ2n) is 8.45. The van der Waals surface area contributed by atoms with E-state index in [1.807, 2.05) is 17.0 Å². The Hall–Kier alpha value is -1.40. The Bertz CT molecular complexity index is 802. The van der Waals surface area contributed by atoms with Gasteiger partial charge in [-0.15, -0.1) is 0 Å². The van der Waals surface area contributed by atoms with Crippen molar-refractivity contribution >= 4 is 15.9 Å². The Kier molecular flexibility index (Phi) is 5.55. The normalized spacial score (nSPS) is 23.3. The standard InChI is InChI=1S/C21H30N2O3S/c24-21-9-6-16(11-13-23(21)15-17-4-5-17)10-12-22-27(25,26)20-8-7-18-2-1-3-19(18)14-20/h7-8,14,16-17,22H,1-6,9-13,15H2. The quantitative estimate of drug-likeness (QED) is 0.778. The Labute approximate surface area is 162 Å². The van der Waals surface area contributed by atoms with Crippen LogP contribution >= 0.6 is 0 Å². The minimum Gasteiger partial charge on any atom is -0.342 e. The van der Waals surface area contributed by atoms with Gasteiger partial charge in [-0.1, -0.05) is 6.07 Å². The molecule has 1 aromatic rings. The zero-order chi connectivity index (χ0) is 18.9. The van der Waals surface area contributed by atoms with Crippen LogP contribution in [0, 0.1) is 11.8 Å². The molecule has 4 rings (SSSR count). The predicted molar refractivity (Wildman–Crippen MR) is 105 cm³/mol. The van der Waals surface area contributed by atoms with Crippen molar-refractivity contribution in [3.8, 4) is 0 Å². The van der Waals surface area contributed by atoms with Crippen molar-refractivity contribution in [2.45, 2.75) is 62.7 Å². The van der Waals surface area contributed by atoms with Gasteiger partial charge in [0.1, 0.15) is 0 Å². The van der Waals surface area contributed by atoms with Crippen molar-refractivity contribution < 1.29 is 13.2 Å². The van der Waals surface area contributed by atoms with E-state index >= 15 is 0 Å². The summed E-state index contributed by atoms with van der Waals surface area (Å²) in [6, 6.07) is 5.53. The Morgan fingerprint density at radius 1 is 1.00 bits per heavy atom. The number of aryl methyl sites for hydroxylation is 2. The average molecular weight is 391 g/mol. The number of sulfonamides is 1. The highest BCUT2D eigenvalue weighted by molar-refractivity contribution is 7.89. The lowest BCUT2D eigenvalue weighted by atomic mass is 9.97. The molecule has 1 heterocycles. The molecule has 0 bridgehead atoms. The molecule has 1 N–H and O–H groups in total.